The number of methoxy groups -OCH3 is 1. The van der Waals surface area contributed by atoms with Gasteiger partial charge in [0.1, 0.15) is 0 Å². The van der Waals surface area contributed by atoms with Gasteiger partial charge < -0.3 is 15.0 Å². The van der Waals surface area contributed by atoms with Crippen LogP contribution in [0.3, 0.4) is 0 Å². The van der Waals surface area contributed by atoms with E-state index in [9.17, 15) is 4.79 Å². The minimum absolute atomic E-state index is 0. The van der Waals surface area contributed by atoms with Crippen molar-refractivity contribution >= 4 is 30.1 Å². The maximum atomic E-state index is 12.4. The maximum Gasteiger partial charge on any atom is 0.237 e. The van der Waals surface area contributed by atoms with Gasteiger partial charge in [-0.25, -0.2) is 0 Å². The molecule has 0 aliphatic carbocycles. The molecule has 0 aromatic heterocycles. The smallest absolute Gasteiger partial charge is 0.237 e. The molecule has 1 amide bonds. The lowest BCUT2D eigenvalue weighted by molar-refractivity contribution is -0.132. The van der Waals surface area contributed by atoms with E-state index >= 15 is 0 Å². The molecule has 1 unspecified atom stereocenters. The van der Waals surface area contributed by atoms with Crippen molar-refractivity contribution in [1.29, 1.82) is 0 Å². The number of carbonyl (C=O) groups is 1. The summed E-state index contributed by atoms with van der Waals surface area (Å²) in [5, 5.41) is 3.13. The Morgan fingerprint density at radius 3 is 2.90 bits per heavy atom. The largest absolute Gasteiger partial charge is 0.383 e. The monoisotopic (exact) mass is 330 g/mol. The third-order valence-corrected chi connectivity index (χ3v) is 4.42. The molecule has 21 heavy (non-hydrogen) atoms. The summed E-state index contributed by atoms with van der Waals surface area (Å²) in [6.07, 6.45) is 0. The molecule has 4 nitrogen and oxygen atoms in total. The van der Waals surface area contributed by atoms with Crippen molar-refractivity contribution < 1.29 is 9.53 Å². The molecule has 1 aliphatic heterocycles. The molecule has 0 saturated carbocycles. The van der Waals surface area contributed by atoms with Crippen LogP contribution in [0.5, 0.6) is 0 Å². The molecule has 1 saturated heterocycles. The molecule has 6 heteroatoms. The lowest BCUT2D eigenvalue weighted by Crippen LogP contribution is -2.45. The molecule has 1 N–H and O–H groups in total. The maximum absolute atomic E-state index is 12.4. The molecule has 0 bridgehead atoms. The van der Waals surface area contributed by atoms with E-state index < -0.39 is 0 Å². The average Bonchev–Trinajstić information content (AvgIpc) is 2.52. The first-order valence-corrected chi connectivity index (χ1v) is 8.10. The quantitative estimate of drug-likeness (QED) is 0.810. The standard InChI is InChI=1S/C15H22N2O2S.ClH/c1-19-9-7-16-11-15(18)17-8-10-20-12-14(17)13-5-3-2-4-6-13;/h2-6,14,16H,7-12H2,1H3;1H. The molecule has 2 rings (SSSR count). The highest BCUT2D eigenvalue weighted by atomic mass is 35.5. The van der Waals surface area contributed by atoms with Crippen LogP contribution < -0.4 is 5.32 Å². The predicted octanol–water partition coefficient (Wildman–Crippen LogP) is 1.96. The van der Waals surface area contributed by atoms with Crippen LogP contribution in [0.1, 0.15) is 11.6 Å². The number of rotatable bonds is 6. The van der Waals surface area contributed by atoms with Gasteiger partial charge in [0.2, 0.25) is 5.91 Å². The van der Waals surface area contributed by atoms with E-state index in [1.165, 1.54) is 5.56 Å². The van der Waals surface area contributed by atoms with Gasteiger partial charge in [-0.1, -0.05) is 30.3 Å². The molecule has 1 heterocycles. The number of carbonyl (C=O) groups excluding carboxylic acids is 1. The summed E-state index contributed by atoms with van der Waals surface area (Å²) in [6.45, 7) is 2.55. The third-order valence-electron chi connectivity index (χ3n) is 3.39. The topological polar surface area (TPSA) is 41.6 Å². The van der Waals surface area contributed by atoms with Gasteiger partial charge in [0.05, 0.1) is 19.2 Å². The first kappa shape index (κ1) is 18.3. The third kappa shape index (κ3) is 5.51. The summed E-state index contributed by atoms with van der Waals surface area (Å²) in [6, 6.07) is 10.5. The number of ether oxygens (including phenoxy) is 1. The molecule has 0 spiro atoms. The summed E-state index contributed by atoms with van der Waals surface area (Å²) >= 11 is 1.92. The molecule has 0 radical (unpaired) electrons. The fourth-order valence-electron chi connectivity index (χ4n) is 2.32. The van der Waals surface area contributed by atoms with Gasteiger partial charge >= 0.3 is 0 Å². The van der Waals surface area contributed by atoms with Gasteiger partial charge in [-0.3, -0.25) is 4.79 Å². The zero-order chi connectivity index (χ0) is 14.2. The van der Waals surface area contributed by atoms with Crippen LogP contribution in [-0.4, -0.2) is 55.7 Å². The second-order valence-electron chi connectivity index (χ2n) is 4.76. The molecule has 1 aromatic rings. The first-order valence-electron chi connectivity index (χ1n) is 6.94. The minimum Gasteiger partial charge on any atom is -0.383 e. The summed E-state index contributed by atoms with van der Waals surface area (Å²) < 4.78 is 4.97. The summed E-state index contributed by atoms with van der Waals surface area (Å²) in [7, 11) is 1.66. The van der Waals surface area contributed by atoms with Crippen LogP contribution in [0.2, 0.25) is 0 Å². The zero-order valence-corrected chi connectivity index (χ0v) is 13.9. The first-order chi connectivity index (χ1) is 9.83. The number of nitrogens with zero attached hydrogens (tertiary/aromatic N) is 1. The van der Waals surface area contributed by atoms with E-state index in [4.69, 9.17) is 4.74 Å². The van der Waals surface area contributed by atoms with Gasteiger partial charge in [-0.05, 0) is 5.56 Å². The molecule has 1 atom stereocenters. The van der Waals surface area contributed by atoms with Gasteiger partial charge in [0, 0.05) is 31.7 Å². The Hall–Kier alpha value is -0.750. The van der Waals surface area contributed by atoms with Crippen LogP contribution in [0.25, 0.3) is 0 Å². The van der Waals surface area contributed by atoms with E-state index in [0.29, 0.717) is 19.7 Å². The molecule has 118 valence electrons. The van der Waals surface area contributed by atoms with Crippen molar-refractivity contribution in [2.45, 2.75) is 6.04 Å². The van der Waals surface area contributed by atoms with Crippen LogP contribution in [0, 0.1) is 0 Å². The normalized spacial score (nSPS) is 18.1. The Bertz CT molecular complexity index is 419. The Balaban J connectivity index is 0.00000220. The number of hydrogen-bond acceptors (Lipinski definition) is 4. The van der Waals surface area contributed by atoms with Crippen molar-refractivity contribution in [3.8, 4) is 0 Å². The van der Waals surface area contributed by atoms with Crippen LogP contribution in [-0.2, 0) is 9.53 Å². The Kier molecular flexibility index (Phi) is 8.76. The molecular formula is C15H23ClN2O2S. The number of hydrogen-bond donors (Lipinski definition) is 1. The minimum atomic E-state index is 0. The summed E-state index contributed by atoms with van der Waals surface area (Å²) in [5.74, 6) is 2.18. The lowest BCUT2D eigenvalue weighted by atomic mass is 10.1. The number of benzene rings is 1. The van der Waals surface area contributed by atoms with E-state index in [2.05, 4.69) is 17.4 Å². The van der Waals surface area contributed by atoms with Gasteiger partial charge in [0.25, 0.3) is 0 Å². The Morgan fingerprint density at radius 2 is 2.19 bits per heavy atom. The van der Waals surface area contributed by atoms with Crippen molar-refractivity contribution in [3.05, 3.63) is 35.9 Å². The van der Waals surface area contributed by atoms with E-state index in [1.54, 1.807) is 7.11 Å². The number of nitrogens with one attached hydrogen (secondary N) is 1. The number of amides is 1. The number of thioether (sulfide) groups is 1. The van der Waals surface area contributed by atoms with E-state index in [1.807, 2.05) is 34.9 Å². The molecule has 1 aliphatic rings. The number of halogens is 1. The van der Waals surface area contributed by atoms with Crippen molar-refractivity contribution in [1.82, 2.24) is 10.2 Å². The summed E-state index contributed by atoms with van der Waals surface area (Å²) in [5.41, 5.74) is 1.23. The predicted molar refractivity (Wildman–Crippen MR) is 90.2 cm³/mol. The second-order valence-corrected chi connectivity index (χ2v) is 5.91. The van der Waals surface area contributed by atoms with Crippen molar-refractivity contribution in [3.63, 3.8) is 0 Å². The van der Waals surface area contributed by atoms with Crippen molar-refractivity contribution in [2.24, 2.45) is 0 Å². The average molecular weight is 331 g/mol. The van der Waals surface area contributed by atoms with Crippen molar-refractivity contribution in [2.75, 3.05) is 44.9 Å². The van der Waals surface area contributed by atoms with Gasteiger partial charge in [-0.15, -0.1) is 12.4 Å². The second kappa shape index (κ2) is 10.1. The van der Waals surface area contributed by atoms with Crippen LogP contribution in [0.4, 0.5) is 0 Å². The highest BCUT2D eigenvalue weighted by molar-refractivity contribution is 7.99. The Morgan fingerprint density at radius 1 is 1.43 bits per heavy atom. The van der Waals surface area contributed by atoms with Crippen LogP contribution in [0.15, 0.2) is 30.3 Å². The van der Waals surface area contributed by atoms with E-state index in [-0.39, 0.29) is 24.4 Å². The highest BCUT2D eigenvalue weighted by Gasteiger charge is 2.27. The van der Waals surface area contributed by atoms with Gasteiger partial charge in [0.15, 0.2) is 0 Å². The Labute approximate surface area is 137 Å². The fourth-order valence-corrected chi connectivity index (χ4v) is 3.41. The lowest BCUT2D eigenvalue weighted by Gasteiger charge is -2.36. The fraction of sp³-hybridized carbons (Fsp3) is 0.533. The molecule has 1 aromatic carbocycles. The zero-order valence-electron chi connectivity index (χ0n) is 12.3. The van der Waals surface area contributed by atoms with E-state index in [0.717, 1.165) is 18.1 Å². The summed E-state index contributed by atoms with van der Waals surface area (Å²) in [4.78, 5) is 14.4. The van der Waals surface area contributed by atoms with Gasteiger partial charge in [-0.2, -0.15) is 11.8 Å². The molecule has 1 fully saturated rings. The SMILES string of the molecule is COCCNCC(=O)N1CCSCC1c1ccccc1.Cl. The molecular weight excluding hydrogens is 308 g/mol. The van der Waals surface area contributed by atoms with Crippen LogP contribution >= 0.6 is 24.2 Å². The highest BCUT2D eigenvalue weighted by Crippen LogP contribution is 2.29.